The largest absolute Gasteiger partial charge is 0.487 e. The van der Waals surface area contributed by atoms with Crippen molar-refractivity contribution in [3.63, 3.8) is 0 Å². The minimum atomic E-state index is -3.55. The maximum Gasteiger partial charge on any atom is 0.243 e. The third-order valence-corrected chi connectivity index (χ3v) is 9.19. The first-order valence-electron chi connectivity index (χ1n) is 13.3. The Hall–Kier alpha value is -3.95. The highest BCUT2D eigenvalue weighted by molar-refractivity contribution is 7.89. The van der Waals surface area contributed by atoms with Gasteiger partial charge in [0.05, 0.1) is 28.6 Å². The summed E-state index contributed by atoms with van der Waals surface area (Å²) < 4.78 is 38.7. The van der Waals surface area contributed by atoms with Gasteiger partial charge in [0.1, 0.15) is 12.4 Å². The van der Waals surface area contributed by atoms with Crippen molar-refractivity contribution in [2.24, 2.45) is 0 Å². The molecule has 5 aromatic rings. The molecule has 0 radical (unpaired) electrons. The third-order valence-electron chi connectivity index (χ3n) is 6.99. The molecule has 1 N–H and O–H groups in total. The van der Waals surface area contributed by atoms with E-state index in [-0.39, 0.29) is 4.90 Å². The second-order valence-corrected chi connectivity index (χ2v) is 12.0. The average Bonchev–Trinajstić information content (AvgIpc) is 3.02. The number of morpholine rings is 1. The van der Waals surface area contributed by atoms with E-state index in [1.165, 1.54) is 4.31 Å². The molecule has 1 aliphatic rings. The standard InChI is InChI=1S/C32H28ClN3O4S/c33-29-21-26(9-13-32(29)40-22-23-4-2-1-3-5-23)35-31-14-15-34-30-12-8-25(20-28(30)31)24-6-10-27(11-7-24)41(37,38)36-16-18-39-19-17-36/h1-15,20-21H,16-19,22H2,(H,34,35). The van der Waals surface area contributed by atoms with Gasteiger partial charge < -0.3 is 14.8 Å². The highest BCUT2D eigenvalue weighted by atomic mass is 35.5. The summed E-state index contributed by atoms with van der Waals surface area (Å²) in [5.74, 6) is 0.613. The average molecular weight is 586 g/mol. The number of rotatable bonds is 8. The van der Waals surface area contributed by atoms with Crippen molar-refractivity contribution in [2.75, 3.05) is 31.6 Å². The molecular weight excluding hydrogens is 558 g/mol. The normalized spacial score (nSPS) is 14.2. The summed E-state index contributed by atoms with van der Waals surface area (Å²) in [6, 6.07) is 30.5. The van der Waals surface area contributed by atoms with E-state index in [1.807, 2.05) is 78.9 Å². The van der Waals surface area contributed by atoms with E-state index in [0.29, 0.717) is 43.7 Å². The molecule has 0 unspecified atom stereocenters. The molecule has 1 aliphatic heterocycles. The SMILES string of the molecule is O=S(=O)(c1ccc(-c2ccc3nccc(Nc4ccc(OCc5ccccc5)c(Cl)c4)c3c2)cc1)N1CCOCC1. The number of ether oxygens (including phenoxy) is 2. The number of aromatic nitrogens is 1. The number of benzene rings is 4. The number of sulfonamides is 1. The van der Waals surface area contributed by atoms with E-state index in [1.54, 1.807) is 18.3 Å². The Morgan fingerprint density at radius 1 is 0.878 bits per heavy atom. The Morgan fingerprint density at radius 2 is 1.63 bits per heavy atom. The van der Waals surface area contributed by atoms with Crippen LogP contribution in [0.2, 0.25) is 5.02 Å². The van der Waals surface area contributed by atoms with Crippen LogP contribution >= 0.6 is 11.6 Å². The van der Waals surface area contributed by atoms with Gasteiger partial charge in [-0.3, -0.25) is 4.98 Å². The van der Waals surface area contributed by atoms with Crippen LogP contribution in [-0.4, -0.2) is 44.0 Å². The minimum Gasteiger partial charge on any atom is -0.487 e. The molecule has 1 aromatic heterocycles. The molecule has 7 nitrogen and oxygen atoms in total. The lowest BCUT2D eigenvalue weighted by molar-refractivity contribution is 0.0730. The van der Waals surface area contributed by atoms with Crippen molar-refractivity contribution in [1.29, 1.82) is 0 Å². The molecule has 0 saturated carbocycles. The predicted molar refractivity (Wildman–Crippen MR) is 162 cm³/mol. The van der Waals surface area contributed by atoms with Crippen LogP contribution in [-0.2, 0) is 21.4 Å². The lowest BCUT2D eigenvalue weighted by Crippen LogP contribution is -2.40. The van der Waals surface area contributed by atoms with E-state index >= 15 is 0 Å². The maximum absolute atomic E-state index is 13.0. The van der Waals surface area contributed by atoms with E-state index in [2.05, 4.69) is 16.4 Å². The van der Waals surface area contributed by atoms with Gasteiger partial charge in [0.2, 0.25) is 10.0 Å². The van der Waals surface area contributed by atoms with E-state index in [9.17, 15) is 8.42 Å². The highest BCUT2D eigenvalue weighted by Gasteiger charge is 2.26. The summed E-state index contributed by atoms with van der Waals surface area (Å²) in [5, 5.41) is 4.90. The monoisotopic (exact) mass is 585 g/mol. The summed E-state index contributed by atoms with van der Waals surface area (Å²) >= 11 is 6.55. The molecule has 0 atom stereocenters. The molecule has 0 aliphatic carbocycles. The molecule has 2 heterocycles. The zero-order chi connectivity index (χ0) is 28.2. The summed E-state index contributed by atoms with van der Waals surface area (Å²) in [5.41, 5.74) is 5.45. The molecule has 1 fully saturated rings. The molecule has 4 aromatic carbocycles. The lowest BCUT2D eigenvalue weighted by atomic mass is 10.0. The lowest BCUT2D eigenvalue weighted by Gasteiger charge is -2.26. The predicted octanol–water partition coefficient (Wildman–Crippen LogP) is 6.90. The topological polar surface area (TPSA) is 80.8 Å². The van der Waals surface area contributed by atoms with Crippen LogP contribution in [0.25, 0.3) is 22.0 Å². The number of fused-ring (bicyclic) bond motifs is 1. The van der Waals surface area contributed by atoms with Gasteiger partial charge in [-0.15, -0.1) is 0 Å². The van der Waals surface area contributed by atoms with Crippen LogP contribution in [0.5, 0.6) is 5.75 Å². The van der Waals surface area contributed by atoms with Crippen LogP contribution in [0.15, 0.2) is 108 Å². The Balaban J connectivity index is 1.22. The van der Waals surface area contributed by atoms with Crippen molar-refractivity contribution in [3.05, 3.63) is 114 Å². The van der Waals surface area contributed by atoms with Crippen molar-refractivity contribution in [2.45, 2.75) is 11.5 Å². The van der Waals surface area contributed by atoms with Gasteiger partial charge in [0.15, 0.2) is 0 Å². The Kier molecular flexibility index (Phi) is 7.89. The molecule has 0 amide bonds. The number of anilines is 2. The molecule has 9 heteroatoms. The fourth-order valence-corrected chi connectivity index (χ4v) is 6.42. The van der Waals surface area contributed by atoms with Crippen molar-refractivity contribution in [3.8, 4) is 16.9 Å². The molecule has 6 rings (SSSR count). The zero-order valence-corrected chi connectivity index (χ0v) is 23.7. The molecule has 1 saturated heterocycles. The summed E-state index contributed by atoms with van der Waals surface area (Å²) in [7, 11) is -3.55. The van der Waals surface area contributed by atoms with Crippen LogP contribution in [0.4, 0.5) is 11.4 Å². The number of pyridine rings is 1. The van der Waals surface area contributed by atoms with Gasteiger partial charge in [-0.1, -0.05) is 60.1 Å². The molecule has 0 bridgehead atoms. The molecule has 41 heavy (non-hydrogen) atoms. The number of halogens is 1. The molecule has 208 valence electrons. The Bertz CT molecular complexity index is 1780. The second kappa shape index (κ2) is 11.9. The van der Waals surface area contributed by atoms with Crippen molar-refractivity contribution < 1.29 is 17.9 Å². The van der Waals surface area contributed by atoms with Gasteiger partial charge >= 0.3 is 0 Å². The Labute approximate surface area is 244 Å². The summed E-state index contributed by atoms with van der Waals surface area (Å²) in [6.45, 7) is 2.00. The second-order valence-electron chi connectivity index (χ2n) is 9.68. The van der Waals surface area contributed by atoms with Gasteiger partial charge in [-0.05, 0) is 65.2 Å². The first-order chi connectivity index (χ1) is 20.0. The van der Waals surface area contributed by atoms with Crippen LogP contribution in [0, 0.1) is 0 Å². The van der Waals surface area contributed by atoms with E-state index in [4.69, 9.17) is 21.1 Å². The van der Waals surface area contributed by atoms with E-state index < -0.39 is 10.0 Å². The van der Waals surface area contributed by atoms with Crippen LogP contribution < -0.4 is 10.1 Å². The summed E-state index contributed by atoms with van der Waals surface area (Å²) in [6.07, 6.45) is 1.76. The van der Waals surface area contributed by atoms with Gasteiger partial charge in [-0.2, -0.15) is 4.31 Å². The fraction of sp³-hybridized carbons (Fsp3) is 0.156. The van der Waals surface area contributed by atoms with Crippen molar-refractivity contribution >= 4 is 43.9 Å². The van der Waals surface area contributed by atoms with Crippen LogP contribution in [0.1, 0.15) is 5.56 Å². The smallest absolute Gasteiger partial charge is 0.243 e. The van der Waals surface area contributed by atoms with E-state index in [0.717, 1.165) is 39.0 Å². The molecule has 0 spiro atoms. The quantitative estimate of drug-likeness (QED) is 0.213. The zero-order valence-electron chi connectivity index (χ0n) is 22.2. The molecular formula is C32H28ClN3O4S. The fourth-order valence-electron chi connectivity index (χ4n) is 4.78. The number of nitrogens with zero attached hydrogens (tertiary/aromatic N) is 2. The van der Waals surface area contributed by atoms with Gasteiger partial charge in [0.25, 0.3) is 0 Å². The van der Waals surface area contributed by atoms with Crippen molar-refractivity contribution in [1.82, 2.24) is 9.29 Å². The van der Waals surface area contributed by atoms with Gasteiger partial charge in [0, 0.05) is 36.0 Å². The first-order valence-corrected chi connectivity index (χ1v) is 15.1. The minimum absolute atomic E-state index is 0.279. The maximum atomic E-state index is 13.0. The number of nitrogens with one attached hydrogen (secondary N) is 1. The number of hydrogen-bond donors (Lipinski definition) is 1. The van der Waals surface area contributed by atoms with Crippen LogP contribution in [0.3, 0.4) is 0 Å². The third kappa shape index (κ3) is 6.06. The highest BCUT2D eigenvalue weighted by Crippen LogP contribution is 2.33. The number of hydrogen-bond acceptors (Lipinski definition) is 6. The Morgan fingerprint density at radius 3 is 2.39 bits per heavy atom. The van der Waals surface area contributed by atoms with Gasteiger partial charge in [-0.25, -0.2) is 8.42 Å². The first kappa shape index (κ1) is 27.2. The summed E-state index contributed by atoms with van der Waals surface area (Å²) in [4.78, 5) is 4.80.